The summed E-state index contributed by atoms with van der Waals surface area (Å²) in [5.41, 5.74) is 0.698. The van der Waals surface area contributed by atoms with Crippen molar-refractivity contribution in [1.29, 1.82) is 0 Å². The predicted octanol–water partition coefficient (Wildman–Crippen LogP) is 2.87. The summed E-state index contributed by atoms with van der Waals surface area (Å²) in [5, 5.41) is 4.33. The summed E-state index contributed by atoms with van der Waals surface area (Å²) >= 11 is 0. The van der Waals surface area contributed by atoms with E-state index < -0.39 is 0 Å². The van der Waals surface area contributed by atoms with E-state index in [1.807, 2.05) is 49.6 Å². The molecule has 0 bridgehead atoms. The van der Waals surface area contributed by atoms with Crippen LogP contribution in [0.25, 0.3) is 0 Å². The second-order valence-electron chi connectivity index (χ2n) is 4.52. The van der Waals surface area contributed by atoms with Crippen LogP contribution < -0.4 is 4.90 Å². The number of amides is 1. The molecule has 0 unspecified atom stereocenters. The zero-order chi connectivity index (χ0) is 13.7. The normalized spacial score (nSPS) is 10.4. The van der Waals surface area contributed by atoms with E-state index in [1.165, 1.54) is 0 Å². The third kappa shape index (κ3) is 3.22. The molecule has 0 saturated heterocycles. The lowest BCUT2D eigenvalue weighted by Crippen LogP contribution is -2.32. The number of hydrogen-bond acceptors (Lipinski definition) is 2. The topological polar surface area (TPSA) is 38.1 Å². The Morgan fingerprint density at radius 3 is 2.58 bits per heavy atom. The fraction of sp³-hybridized carbons (Fsp3) is 0.333. The van der Waals surface area contributed by atoms with E-state index >= 15 is 0 Å². The highest BCUT2D eigenvalue weighted by molar-refractivity contribution is 6.05. The van der Waals surface area contributed by atoms with E-state index in [1.54, 1.807) is 9.58 Å². The standard InChI is InChI=1S/C15H19N3O/c1-3-4-11-18(14-10-12-17(2)16-14)15(19)13-8-6-5-7-9-13/h5-10,12H,3-4,11H2,1-2H3. The van der Waals surface area contributed by atoms with Gasteiger partial charge in [-0.25, -0.2) is 0 Å². The van der Waals surface area contributed by atoms with Crippen LogP contribution in [-0.4, -0.2) is 22.2 Å². The lowest BCUT2D eigenvalue weighted by Gasteiger charge is -2.20. The molecule has 19 heavy (non-hydrogen) atoms. The number of rotatable bonds is 5. The van der Waals surface area contributed by atoms with Gasteiger partial charge in [0.1, 0.15) is 0 Å². The summed E-state index contributed by atoms with van der Waals surface area (Å²) in [7, 11) is 1.86. The van der Waals surface area contributed by atoms with Gasteiger partial charge in [0.05, 0.1) is 0 Å². The van der Waals surface area contributed by atoms with Gasteiger partial charge in [0.25, 0.3) is 5.91 Å². The van der Waals surface area contributed by atoms with Crippen molar-refractivity contribution in [2.45, 2.75) is 19.8 Å². The Morgan fingerprint density at radius 1 is 1.26 bits per heavy atom. The Bertz CT molecular complexity index is 533. The Hall–Kier alpha value is -2.10. The van der Waals surface area contributed by atoms with Crippen molar-refractivity contribution in [2.24, 2.45) is 7.05 Å². The number of carbonyl (C=O) groups is 1. The molecule has 2 rings (SSSR count). The Balaban J connectivity index is 2.25. The Labute approximate surface area is 113 Å². The van der Waals surface area contributed by atoms with Crippen LogP contribution in [0.2, 0.25) is 0 Å². The molecule has 1 aromatic heterocycles. The molecule has 1 heterocycles. The van der Waals surface area contributed by atoms with Crippen molar-refractivity contribution < 1.29 is 4.79 Å². The van der Waals surface area contributed by atoms with Crippen LogP contribution in [0.4, 0.5) is 5.82 Å². The molecule has 0 aliphatic rings. The number of aryl methyl sites for hydroxylation is 1. The number of benzene rings is 1. The molecule has 0 radical (unpaired) electrons. The molecule has 0 fully saturated rings. The van der Waals surface area contributed by atoms with Gasteiger partial charge in [0.15, 0.2) is 5.82 Å². The SMILES string of the molecule is CCCCN(C(=O)c1ccccc1)c1ccn(C)n1. The van der Waals surface area contributed by atoms with Crippen LogP contribution in [0.3, 0.4) is 0 Å². The number of carbonyl (C=O) groups excluding carboxylic acids is 1. The number of aromatic nitrogens is 2. The molecule has 0 atom stereocenters. The number of hydrogen-bond donors (Lipinski definition) is 0. The van der Waals surface area contributed by atoms with E-state index in [2.05, 4.69) is 12.0 Å². The second-order valence-corrected chi connectivity index (χ2v) is 4.52. The van der Waals surface area contributed by atoms with Crippen molar-refractivity contribution in [3.8, 4) is 0 Å². The molecule has 0 saturated carbocycles. The predicted molar refractivity (Wildman–Crippen MR) is 76.2 cm³/mol. The fourth-order valence-electron chi connectivity index (χ4n) is 1.92. The minimum atomic E-state index is 0.00718. The second kappa shape index (κ2) is 6.18. The average Bonchev–Trinajstić information content (AvgIpc) is 2.86. The van der Waals surface area contributed by atoms with Gasteiger partial charge in [0.2, 0.25) is 0 Å². The maximum atomic E-state index is 12.5. The maximum absolute atomic E-state index is 12.5. The molecule has 1 amide bonds. The molecule has 4 heteroatoms. The molecule has 0 aliphatic carbocycles. The number of nitrogens with zero attached hydrogens (tertiary/aromatic N) is 3. The van der Waals surface area contributed by atoms with Crippen LogP contribution in [0.5, 0.6) is 0 Å². The van der Waals surface area contributed by atoms with Gasteiger partial charge in [-0.1, -0.05) is 31.5 Å². The van der Waals surface area contributed by atoms with Crippen LogP contribution in [0.15, 0.2) is 42.6 Å². The lowest BCUT2D eigenvalue weighted by molar-refractivity contribution is 0.0985. The third-order valence-corrected chi connectivity index (χ3v) is 2.98. The summed E-state index contributed by atoms with van der Waals surface area (Å²) in [4.78, 5) is 14.3. The summed E-state index contributed by atoms with van der Waals surface area (Å²) in [6.07, 6.45) is 3.87. The first-order valence-corrected chi connectivity index (χ1v) is 6.59. The van der Waals surface area contributed by atoms with E-state index in [-0.39, 0.29) is 5.91 Å². The molecule has 100 valence electrons. The smallest absolute Gasteiger partial charge is 0.259 e. The molecular weight excluding hydrogens is 238 g/mol. The Kier molecular flexibility index (Phi) is 4.34. The van der Waals surface area contributed by atoms with Gasteiger partial charge >= 0.3 is 0 Å². The van der Waals surface area contributed by atoms with Crippen molar-refractivity contribution >= 4 is 11.7 Å². The molecule has 0 spiro atoms. The maximum Gasteiger partial charge on any atom is 0.259 e. The van der Waals surface area contributed by atoms with Gasteiger partial charge < -0.3 is 0 Å². The van der Waals surface area contributed by atoms with Gasteiger partial charge in [-0.05, 0) is 18.6 Å². The van der Waals surface area contributed by atoms with Gasteiger partial charge in [-0.2, -0.15) is 5.10 Å². The average molecular weight is 257 g/mol. The lowest BCUT2D eigenvalue weighted by atomic mass is 10.2. The third-order valence-electron chi connectivity index (χ3n) is 2.98. The van der Waals surface area contributed by atoms with Crippen molar-refractivity contribution in [1.82, 2.24) is 9.78 Å². The summed E-state index contributed by atoms with van der Waals surface area (Å²) < 4.78 is 1.71. The molecule has 4 nitrogen and oxygen atoms in total. The quantitative estimate of drug-likeness (QED) is 0.826. The van der Waals surface area contributed by atoms with Gasteiger partial charge in [-0.3, -0.25) is 14.4 Å². The van der Waals surface area contributed by atoms with Crippen molar-refractivity contribution in [3.63, 3.8) is 0 Å². The summed E-state index contributed by atoms with van der Waals surface area (Å²) in [6.45, 7) is 2.81. The van der Waals surface area contributed by atoms with Crippen LogP contribution >= 0.6 is 0 Å². The van der Waals surface area contributed by atoms with Crippen molar-refractivity contribution in [2.75, 3.05) is 11.4 Å². The summed E-state index contributed by atoms with van der Waals surface area (Å²) in [5.74, 6) is 0.720. The highest BCUT2D eigenvalue weighted by atomic mass is 16.2. The van der Waals surface area contributed by atoms with E-state index in [9.17, 15) is 4.79 Å². The van der Waals surface area contributed by atoms with E-state index in [0.29, 0.717) is 17.9 Å². The molecule has 0 N–H and O–H groups in total. The minimum absolute atomic E-state index is 0.00718. The van der Waals surface area contributed by atoms with E-state index in [0.717, 1.165) is 12.8 Å². The van der Waals surface area contributed by atoms with Gasteiger partial charge in [-0.15, -0.1) is 0 Å². The van der Waals surface area contributed by atoms with Gasteiger partial charge in [0, 0.05) is 31.4 Å². The van der Waals surface area contributed by atoms with E-state index in [4.69, 9.17) is 0 Å². The largest absolute Gasteiger partial charge is 0.291 e. The van der Waals surface area contributed by atoms with Crippen molar-refractivity contribution in [3.05, 3.63) is 48.2 Å². The fourth-order valence-corrected chi connectivity index (χ4v) is 1.92. The highest BCUT2D eigenvalue weighted by Crippen LogP contribution is 2.15. The van der Waals surface area contributed by atoms with Crippen LogP contribution in [0, 0.1) is 0 Å². The number of unbranched alkanes of at least 4 members (excludes halogenated alkanes) is 1. The summed E-state index contributed by atoms with van der Waals surface area (Å²) in [6, 6.07) is 11.2. The molecule has 2 aromatic rings. The molecule has 1 aromatic carbocycles. The zero-order valence-corrected chi connectivity index (χ0v) is 11.4. The Morgan fingerprint density at radius 2 is 2.00 bits per heavy atom. The molecular formula is C15H19N3O. The minimum Gasteiger partial charge on any atom is -0.291 e. The van der Waals surface area contributed by atoms with Crippen LogP contribution in [0.1, 0.15) is 30.1 Å². The first kappa shape index (κ1) is 13.3. The number of anilines is 1. The molecule has 0 aliphatic heterocycles. The first-order chi connectivity index (χ1) is 9.22. The zero-order valence-electron chi connectivity index (χ0n) is 11.4. The first-order valence-electron chi connectivity index (χ1n) is 6.59. The highest BCUT2D eigenvalue weighted by Gasteiger charge is 2.18. The monoisotopic (exact) mass is 257 g/mol. The van der Waals surface area contributed by atoms with Crippen LogP contribution in [-0.2, 0) is 7.05 Å².